The highest BCUT2D eigenvalue weighted by Gasteiger charge is 2.53. The van der Waals surface area contributed by atoms with Gasteiger partial charge in [-0.05, 0) is 74.9 Å². The Kier molecular flexibility index (Phi) is 5.69. The quantitative estimate of drug-likeness (QED) is 0.537. The number of likely N-dealkylation sites (tertiary alicyclic amines) is 1. The minimum atomic E-state index is -1.15. The Morgan fingerprint density at radius 3 is 2.40 bits per heavy atom. The number of carbonyl (C=O) groups excluding carboxylic acids is 1. The molecule has 1 atom stereocenters. The fourth-order valence-electron chi connectivity index (χ4n) is 4.85. The molecule has 2 fully saturated rings. The van der Waals surface area contributed by atoms with Crippen LogP contribution >= 0.6 is 0 Å². The lowest BCUT2D eigenvalue weighted by Crippen LogP contribution is -2.49. The lowest BCUT2D eigenvalue weighted by molar-refractivity contribution is -0.130. The molecule has 1 saturated carbocycles. The Morgan fingerprint density at radius 2 is 1.77 bits per heavy atom. The average molecular weight is 471 g/mol. The van der Waals surface area contributed by atoms with Crippen LogP contribution in [0, 0.1) is 11.8 Å². The summed E-state index contributed by atoms with van der Waals surface area (Å²) in [6, 6.07) is 16.2. The molecular formula is C27H26N4O4. The Hall–Kier alpha value is -4.25. The van der Waals surface area contributed by atoms with E-state index in [9.17, 15) is 14.7 Å². The van der Waals surface area contributed by atoms with Gasteiger partial charge in [-0.1, -0.05) is 24.1 Å². The molecule has 1 amide bonds. The molecule has 178 valence electrons. The number of amides is 1. The van der Waals surface area contributed by atoms with E-state index in [1.807, 2.05) is 35.2 Å². The molecule has 1 spiro atoms. The zero-order valence-corrected chi connectivity index (χ0v) is 19.4. The second-order valence-corrected chi connectivity index (χ2v) is 9.01. The first-order valence-electron chi connectivity index (χ1n) is 11.6. The largest absolute Gasteiger partial charge is 0.477 e. The molecule has 5 rings (SSSR count). The van der Waals surface area contributed by atoms with Crippen LogP contribution < -0.4 is 10.5 Å². The van der Waals surface area contributed by atoms with E-state index in [1.165, 1.54) is 0 Å². The smallest absolute Gasteiger partial charge is 0.341 e. The van der Waals surface area contributed by atoms with Crippen molar-refractivity contribution in [2.45, 2.75) is 44.2 Å². The maximum atomic E-state index is 12.7. The number of carbonyl (C=O) groups is 2. The molecule has 35 heavy (non-hydrogen) atoms. The van der Waals surface area contributed by atoms with Crippen LogP contribution in [-0.2, 0) is 4.79 Å². The summed E-state index contributed by atoms with van der Waals surface area (Å²) in [4.78, 5) is 26.6. The van der Waals surface area contributed by atoms with Gasteiger partial charge < -0.3 is 20.5 Å². The number of nitrogens with zero attached hydrogens (tertiary/aromatic N) is 3. The van der Waals surface area contributed by atoms with Gasteiger partial charge in [0.05, 0.1) is 6.04 Å². The summed E-state index contributed by atoms with van der Waals surface area (Å²) in [6.45, 7) is 2.05. The van der Waals surface area contributed by atoms with Crippen LogP contribution in [0.15, 0.2) is 54.6 Å². The van der Waals surface area contributed by atoms with Crippen LogP contribution in [0.1, 0.15) is 49.0 Å². The van der Waals surface area contributed by atoms with Crippen LogP contribution in [0.3, 0.4) is 0 Å². The third kappa shape index (κ3) is 4.21. The summed E-state index contributed by atoms with van der Waals surface area (Å²) in [6.07, 6.45) is 3.51. The number of aromatic carboxylic acids is 1. The van der Waals surface area contributed by atoms with Crippen molar-refractivity contribution in [2.24, 2.45) is 0 Å². The van der Waals surface area contributed by atoms with E-state index in [-0.39, 0.29) is 28.9 Å². The van der Waals surface area contributed by atoms with Crippen molar-refractivity contribution in [1.29, 1.82) is 0 Å². The first kappa shape index (κ1) is 22.5. The van der Waals surface area contributed by atoms with E-state index in [2.05, 4.69) is 16.9 Å². The van der Waals surface area contributed by atoms with Gasteiger partial charge in [0.2, 0.25) is 0 Å². The molecule has 8 heteroatoms. The van der Waals surface area contributed by atoms with Gasteiger partial charge >= 0.3 is 5.97 Å². The van der Waals surface area contributed by atoms with Crippen molar-refractivity contribution in [3.8, 4) is 34.6 Å². The molecule has 1 aromatic heterocycles. The van der Waals surface area contributed by atoms with Crippen molar-refractivity contribution in [2.75, 3.05) is 12.3 Å². The second kappa shape index (κ2) is 8.84. The molecule has 2 heterocycles. The Labute approximate surface area is 203 Å². The first-order chi connectivity index (χ1) is 16.9. The molecule has 0 radical (unpaired) electrons. The van der Waals surface area contributed by atoms with Crippen LogP contribution in [-0.4, -0.2) is 43.7 Å². The highest BCUT2D eigenvalue weighted by atomic mass is 16.5. The topological polar surface area (TPSA) is 111 Å². The molecule has 1 aliphatic carbocycles. The number of carboxylic acid groups (broad SMARTS) is 1. The number of nitrogen functional groups attached to an aromatic ring is 1. The van der Waals surface area contributed by atoms with E-state index >= 15 is 0 Å². The van der Waals surface area contributed by atoms with E-state index in [4.69, 9.17) is 10.5 Å². The summed E-state index contributed by atoms with van der Waals surface area (Å²) >= 11 is 0. The van der Waals surface area contributed by atoms with Crippen molar-refractivity contribution in [1.82, 2.24) is 14.7 Å². The zero-order valence-electron chi connectivity index (χ0n) is 19.4. The molecular weight excluding hydrogens is 444 g/mol. The number of hydrogen-bond acceptors (Lipinski definition) is 5. The fraction of sp³-hybridized carbons (Fsp3) is 0.296. The van der Waals surface area contributed by atoms with E-state index in [0.717, 1.165) is 25.7 Å². The SMILES string of the molecule is CC#CC(=O)N1CC(n2nc(-c3ccc(Oc4ccccc4)cc3)c(C(=O)O)c2N)CCC12CC2. The normalized spacial score (nSPS) is 18.0. The lowest BCUT2D eigenvalue weighted by Gasteiger charge is -2.39. The molecule has 3 N–H and O–H groups in total. The summed E-state index contributed by atoms with van der Waals surface area (Å²) in [7, 11) is 0. The van der Waals surface area contributed by atoms with Crippen LogP contribution in [0.2, 0.25) is 0 Å². The summed E-state index contributed by atoms with van der Waals surface area (Å²) in [5, 5.41) is 14.6. The Balaban J connectivity index is 1.44. The van der Waals surface area contributed by atoms with E-state index in [0.29, 0.717) is 29.3 Å². The number of hydrogen-bond donors (Lipinski definition) is 2. The third-order valence-electron chi connectivity index (χ3n) is 6.83. The molecule has 3 aromatic rings. The number of anilines is 1. The number of aromatic nitrogens is 2. The van der Waals surface area contributed by atoms with Gasteiger partial charge in [0.1, 0.15) is 28.6 Å². The van der Waals surface area contributed by atoms with Gasteiger partial charge in [0.15, 0.2) is 0 Å². The number of para-hydroxylation sites is 1. The first-order valence-corrected chi connectivity index (χ1v) is 11.6. The molecule has 1 unspecified atom stereocenters. The minimum Gasteiger partial charge on any atom is -0.477 e. The third-order valence-corrected chi connectivity index (χ3v) is 6.83. The van der Waals surface area contributed by atoms with Crippen molar-refractivity contribution in [3.05, 3.63) is 60.2 Å². The highest BCUT2D eigenvalue weighted by Crippen LogP contribution is 2.50. The summed E-state index contributed by atoms with van der Waals surface area (Å²) in [5.41, 5.74) is 7.08. The maximum absolute atomic E-state index is 12.7. The van der Waals surface area contributed by atoms with Crippen LogP contribution in [0.4, 0.5) is 5.82 Å². The van der Waals surface area contributed by atoms with Crippen molar-refractivity contribution in [3.63, 3.8) is 0 Å². The number of rotatable bonds is 5. The number of piperidine rings is 1. The molecule has 1 aliphatic heterocycles. The second-order valence-electron chi connectivity index (χ2n) is 9.01. The molecule has 2 aliphatic rings. The maximum Gasteiger partial charge on any atom is 0.341 e. The van der Waals surface area contributed by atoms with E-state index < -0.39 is 5.97 Å². The highest BCUT2D eigenvalue weighted by molar-refractivity contribution is 5.99. The number of ether oxygens (including phenoxy) is 1. The predicted molar refractivity (Wildman–Crippen MR) is 131 cm³/mol. The Morgan fingerprint density at radius 1 is 1.09 bits per heavy atom. The van der Waals surface area contributed by atoms with Gasteiger partial charge in [-0.2, -0.15) is 5.10 Å². The van der Waals surface area contributed by atoms with Gasteiger partial charge in [0, 0.05) is 17.6 Å². The number of carboxylic acids is 1. The molecule has 8 nitrogen and oxygen atoms in total. The number of benzene rings is 2. The lowest BCUT2D eigenvalue weighted by atomic mass is 9.96. The standard InChI is InChI=1S/C27H26N4O4/c1-2-6-22(32)30-17-19(13-14-27(30)15-16-27)31-25(28)23(26(33)34)24(29-31)18-9-11-21(12-10-18)35-20-7-4-3-5-8-20/h3-5,7-12,19H,13-17,28H2,1H3,(H,33,34). The van der Waals surface area contributed by atoms with Crippen molar-refractivity contribution < 1.29 is 19.4 Å². The summed E-state index contributed by atoms with van der Waals surface area (Å²) in [5.74, 6) is 5.41. The molecule has 2 aromatic carbocycles. The van der Waals surface area contributed by atoms with Gasteiger partial charge in [-0.3, -0.25) is 4.79 Å². The minimum absolute atomic E-state index is 0.0420. The van der Waals surface area contributed by atoms with Crippen LogP contribution in [0.5, 0.6) is 11.5 Å². The van der Waals surface area contributed by atoms with Gasteiger partial charge in [0.25, 0.3) is 5.91 Å². The predicted octanol–water partition coefficient (Wildman–Crippen LogP) is 4.34. The Bertz CT molecular complexity index is 1330. The number of nitrogens with two attached hydrogens (primary N) is 1. The van der Waals surface area contributed by atoms with Crippen LogP contribution in [0.25, 0.3) is 11.3 Å². The van der Waals surface area contributed by atoms with Gasteiger partial charge in [-0.25, -0.2) is 9.48 Å². The van der Waals surface area contributed by atoms with Gasteiger partial charge in [-0.15, -0.1) is 0 Å². The molecule has 0 bridgehead atoms. The zero-order chi connectivity index (χ0) is 24.6. The molecule has 1 saturated heterocycles. The average Bonchev–Trinajstić information content (AvgIpc) is 3.53. The summed E-state index contributed by atoms with van der Waals surface area (Å²) < 4.78 is 7.41. The van der Waals surface area contributed by atoms with E-state index in [1.54, 1.807) is 35.9 Å². The fourth-order valence-corrected chi connectivity index (χ4v) is 4.85. The monoisotopic (exact) mass is 470 g/mol. The van der Waals surface area contributed by atoms with Crippen molar-refractivity contribution >= 4 is 17.7 Å².